The Morgan fingerprint density at radius 3 is 1.73 bits per heavy atom. The van der Waals surface area contributed by atoms with E-state index >= 15 is 0 Å². The van der Waals surface area contributed by atoms with Gasteiger partial charge in [0, 0.05) is 11.8 Å². The van der Waals surface area contributed by atoms with Crippen LogP contribution in [0.15, 0.2) is 18.2 Å². The number of ether oxygens (including phenoxy) is 6. The zero-order chi connectivity index (χ0) is 33.1. The topological polar surface area (TPSA) is 170 Å². The molecule has 6 atom stereocenters. The number of carboxylic acids is 1. The molecular formula is C32H49NO11. The van der Waals surface area contributed by atoms with Gasteiger partial charge >= 0.3 is 24.4 Å². The molecule has 248 valence electrons. The Morgan fingerprint density at radius 1 is 0.727 bits per heavy atom. The number of carbonyl (C=O) groups excluding carboxylic acids is 3. The van der Waals surface area contributed by atoms with Crippen LogP contribution in [0.5, 0.6) is 11.5 Å². The summed E-state index contributed by atoms with van der Waals surface area (Å²) in [5.41, 5.74) is 6.49. The van der Waals surface area contributed by atoms with E-state index in [0.29, 0.717) is 5.56 Å². The van der Waals surface area contributed by atoms with Crippen molar-refractivity contribution in [3.8, 4) is 11.5 Å². The van der Waals surface area contributed by atoms with Crippen LogP contribution >= 0.6 is 0 Å². The van der Waals surface area contributed by atoms with Gasteiger partial charge in [0.05, 0.1) is 0 Å². The summed E-state index contributed by atoms with van der Waals surface area (Å²) in [7, 11) is 0. The van der Waals surface area contributed by atoms with Crippen LogP contribution < -0.4 is 15.2 Å². The molecule has 1 saturated carbocycles. The molecule has 12 heteroatoms. The molecule has 1 fully saturated rings. The van der Waals surface area contributed by atoms with Crippen LogP contribution in [0.3, 0.4) is 0 Å². The summed E-state index contributed by atoms with van der Waals surface area (Å²) in [5.74, 6) is -3.20. The van der Waals surface area contributed by atoms with Gasteiger partial charge in [-0.1, -0.05) is 47.1 Å². The third-order valence-corrected chi connectivity index (χ3v) is 8.26. The molecule has 0 spiro atoms. The van der Waals surface area contributed by atoms with E-state index in [1.54, 1.807) is 27.7 Å². The Kier molecular flexibility index (Phi) is 14.2. The maximum absolute atomic E-state index is 12.7. The normalized spacial score (nSPS) is 17.9. The fourth-order valence-electron chi connectivity index (χ4n) is 4.59. The SMILES string of the molecule is CC(C)C(C)OC(=O)Oc1ccc(C(C(C)C(C)OC(=O)OC2CCCCC2)[C@H](N)C(=O)O)cc1OC(=O)OC(C)C(C)C. The van der Waals surface area contributed by atoms with Crippen LogP contribution in [-0.2, 0) is 23.7 Å². The molecule has 0 saturated heterocycles. The lowest BCUT2D eigenvalue weighted by molar-refractivity contribution is -0.139. The number of carbonyl (C=O) groups is 4. The summed E-state index contributed by atoms with van der Waals surface area (Å²) in [5, 5.41) is 9.86. The number of hydrogen-bond acceptors (Lipinski definition) is 11. The summed E-state index contributed by atoms with van der Waals surface area (Å²) in [6.07, 6.45) is -0.255. The second-order valence-corrected chi connectivity index (χ2v) is 12.2. The highest BCUT2D eigenvalue weighted by Crippen LogP contribution is 2.38. The summed E-state index contributed by atoms with van der Waals surface area (Å²) >= 11 is 0. The van der Waals surface area contributed by atoms with Crippen molar-refractivity contribution in [1.29, 1.82) is 0 Å². The molecule has 44 heavy (non-hydrogen) atoms. The summed E-state index contributed by atoms with van der Waals surface area (Å²) in [4.78, 5) is 49.8. The van der Waals surface area contributed by atoms with Gasteiger partial charge in [0.25, 0.3) is 0 Å². The lowest BCUT2D eigenvalue weighted by Gasteiger charge is -2.32. The monoisotopic (exact) mass is 623 g/mol. The lowest BCUT2D eigenvalue weighted by Crippen LogP contribution is -2.43. The maximum Gasteiger partial charge on any atom is 0.514 e. The molecule has 0 aromatic heterocycles. The van der Waals surface area contributed by atoms with Crippen molar-refractivity contribution >= 4 is 24.4 Å². The molecule has 3 N–H and O–H groups in total. The zero-order valence-electron chi connectivity index (χ0n) is 27.1. The van der Waals surface area contributed by atoms with Crippen LogP contribution in [0.1, 0.15) is 99.0 Å². The number of benzene rings is 1. The van der Waals surface area contributed by atoms with E-state index in [4.69, 9.17) is 34.2 Å². The minimum atomic E-state index is -1.44. The molecule has 1 aliphatic rings. The molecule has 1 aromatic rings. The van der Waals surface area contributed by atoms with Crippen molar-refractivity contribution in [2.24, 2.45) is 23.5 Å². The second-order valence-electron chi connectivity index (χ2n) is 12.2. The van der Waals surface area contributed by atoms with E-state index in [0.717, 1.165) is 32.1 Å². The second kappa shape index (κ2) is 17.1. The summed E-state index contributed by atoms with van der Waals surface area (Å²) < 4.78 is 32.4. The first kappa shape index (κ1) is 36.7. The largest absolute Gasteiger partial charge is 0.514 e. The minimum Gasteiger partial charge on any atom is -0.480 e. The van der Waals surface area contributed by atoms with E-state index in [9.17, 15) is 24.3 Å². The Balaban J connectivity index is 2.38. The van der Waals surface area contributed by atoms with Gasteiger partial charge in [0.15, 0.2) is 11.5 Å². The van der Waals surface area contributed by atoms with Crippen molar-refractivity contribution in [2.75, 3.05) is 0 Å². The average Bonchev–Trinajstić information content (AvgIpc) is 2.94. The fourth-order valence-corrected chi connectivity index (χ4v) is 4.59. The zero-order valence-corrected chi connectivity index (χ0v) is 27.1. The van der Waals surface area contributed by atoms with Crippen LogP contribution in [-0.4, -0.2) is 60.0 Å². The quantitative estimate of drug-likeness (QED) is 0.134. The van der Waals surface area contributed by atoms with Crippen molar-refractivity contribution in [1.82, 2.24) is 0 Å². The van der Waals surface area contributed by atoms with Crippen LogP contribution in [0.25, 0.3) is 0 Å². The number of rotatable bonds is 13. The smallest absolute Gasteiger partial charge is 0.480 e. The van der Waals surface area contributed by atoms with Crippen LogP contribution in [0.4, 0.5) is 14.4 Å². The Bertz CT molecular complexity index is 1120. The summed E-state index contributed by atoms with van der Waals surface area (Å²) in [6, 6.07) is 2.77. The number of carboxylic acid groups (broad SMARTS) is 1. The van der Waals surface area contributed by atoms with E-state index in [1.165, 1.54) is 18.2 Å². The molecule has 0 heterocycles. The van der Waals surface area contributed by atoms with Crippen molar-refractivity contribution < 1.29 is 52.7 Å². The Morgan fingerprint density at radius 2 is 1.23 bits per heavy atom. The number of hydrogen-bond donors (Lipinski definition) is 2. The Labute approximate surface area is 259 Å². The predicted octanol–water partition coefficient (Wildman–Crippen LogP) is 6.81. The molecule has 0 radical (unpaired) electrons. The average molecular weight is 624 g/mol. The van der Waals surface area contributed by atoms with Crippen molar-refractivity contribution in [2.45, 2.75) is 124 Å². The molecule has 1 aromatic carbocycles. The highest BCUT2D eigenvalue weighted by molar-refractivity contribution is 5.75. The number of aliphatic carboxylic acids is 1. The Hall–Kier alpha value is -3.54. The van der Waals surface area contributed by atoms with Gasteiger partial charge in [0.2, 0.25) is 0 Å². The van der Waals surface area contributed by atoms with Gasteiger partial charge in [-0.2, -0.15) is 0 Å². The molecule has 0 aliphatic heterocycles. The van der Waals surface area contributed by atoms with Gasteiger partial charge in [-0.25, -0.2) is 14.4 Å². The highest BCUT2D eigenvalue weighted by Gasteiger charge is 2.36. The first-order chi connectivity index (χ1) is 20.6. The third-order valence-electron chi connectivity index (χ3n) is 8.26. The summed E-state index contributed by atoms with van der Waals surface area (Å²) in [6.45, 7) is 14.2. The first-order valence-electron chi connectivity index (χ1n) is 15.4. The predicted molar refractivity (Wildman–Crippen MR) is 161 cm³/mol. The van der Waals surface area contributed by atoms with Crippen molar-refractivity contribution in [3.05, 3.63) is 23.8 Å². The van der Waals surface area contributed by atoms with E-state index in [2.05, 4.69) is 0 Å². The molecule has 0 bridgehead atoms. The molecule has 2 rings (SSSR count). The molecular weight excluding hydrogens is 574 g/mol. The van der Waals surface area contributed by atoms with Gasteiger partial charge in [0.1, 0.15) is 30.5 Å². The molecule has 0 amide bonds. The van der Waals surface area contributed by atoms with Crippen molar-refractivity contribution in [3.63, 3.8) is 0 Å². The lowest BCUT2D eigenvalue weighted by atomic mass is 9.79. The van der Waals surface area contributed by atoms with Gasteiger partial charge in [-0.05, 0) is 76.0 Å². The van der Waals surface area contributed by atoms with E-state index in [1.807, 2.05) is 27.7 Å². The van der Waals surface area contributed by atoms with Gasteiger partial charge in [-0.3, -0.25) is 4.79 Å². The van der Waals surface area contributed by atoms with E-state index in [-0.39, 0.29) is 29.4 Å². The first-order valence-corrected chi connectivity index (χ1v) is 15.4. The van der Waals surface area contributed by atoms with Crippen LogP contribution in [0.2, 0.25) is 0 Å². The third kappa shape index (κ3) is 11.2. The highest BCUT2D eigenvalue weighted by atomic mass is 16.8. The molecule has 1 aliphatic carbocycles. The number of nitrogens with two attached hydrogens (primary N) is 1. The maximum atomic E-state index is 12.7. The fraction of sp³-hybridized carbons (Fsp3) is 0.688. The van der Waals surface area contributed by atoms with Gasteiger partial charge in [-0.15, -0.1) is 0 Å². The van der Waals surface area contributed by atoms with Crippen LogP contribution in [0, 0.1) is 17.8 Å². The minimum absolute atomic E-state index is 0.00203. The molecule has 5 unspecified atom stereocenters. The standard InChI is InChI=1S/C32H49NO11/c1-17(2)20(6)39-31(37)43-25-15-14-23(16-26(25)44-32(38)40-21(7)18(3)4)27(28(33)29(34)35)19(5)22(8)41-30(36)42-24-12-10-9-11-13-24/h14-22,24,27-28H,9-13,33H2,1-8H3,(H,34,35)/t19?,20?,21?,22?,27?,28-/m0/s1. The molecule has 12 nitrogen and oxygen atoms in total. The van der Waals surface area contributed by atoms with Gasteiger partial charge < -0.3 is 39.3 Å². The van der Waals surface area contributed by atoms with E-state index < -0.39 is 60.6 Å².